The average Bonchev–Trinajstić information content (AvgIpc) is 3.10. The number of nitrogens with one attached hydrogen (secondary N) is 1. The van der Waals surface area contributed by atoms with Crippen LogP contribution in [0.4, 0.5) is 5.00 Å². The van der Waals surface area contributed by atoms with Crippen LogP contribution in [0.1, 0.15) is 67.5 Å². The molecule has 0 saturated carbocycles. The van der Waals surface area contributed by atoms with Gasteiger partial charge in [-0.05, 0) is 42.9 Å². The van der Waals surface area contributed by atoms with Crippen LogP contribution in [0.2, 0.25) is 0 Å². The number of carbonyl (C=O) groups excluding carboxylic acids is 2. The van der Waals surface area contributed by atoms with Crippen LogP contribution in [0.25, 0.3) is 0 Å². The third-order valence-electron chi connectivity index (χ3n) is 5.48. The molecule has 0 fully saturated rings. The Morgan fingerprint density at radius 2 is 2.10 bits per heavy atom. The molecule has 0 saturated heterocycles. The van der Waals surface area contributed by atoms with Crippen LogP contribution < -0.4 is 10.1 Å². The van der Waals surface area contributed by atoms with Crippen molar-refractivity contribution in [3.05, 3.63) is 45.8 Å². The third-order valence-corrected chi connectivity index (χ3v) is 6.61. The maximum absolute atomic E-state index is 12.8. The van der Waals surface area contributed by atoms with Crippen molar-refractivity contribution in [1.29, 1.82) is 5.26 Å². The molecule has 31 heavy (non-hydrogen) atoms. The van der Waals surface area contributed by atoms with Crippen molar-refractivity contribution in [1.82, 2.24) is 4.90 Å². The van der Waals surface area contributed by atoms with Gasteiger partial charge in [-0.25, -0.2) is 0 Å². The van der Waals surface area contributed by atoms with Gasteiger partial charge in [0.05, 0.1) is 18.7 Å². The number of carbonyl (C=O) groups is 2. The lowest BCUT2D eigenvalue weighted by molar-refractivity contribution is -0.132. The fraction of sp³-hybridized carbons (Fsp3) is 0.458. The minimum atomic E-state index is -0.132. The third kappa shape index (κ3) is 5.26. The highest BCUT2D eigenvalue weighted by atomic mass is 32.1. The summed E-state index contributed by atoms with van der Waals surface area (Å²) in [5, 5.41) is 13.2. The molecule has 0 unspecified atom stereocenters. The minimum absolute atomic E-state index is 0.0231. The van der Waals surface area contributed by atoms with Crippen molar-refractivity contribution in [2.24, 2.45) is 0 Å². The van der Waals surface area contributed by atoms with Crippen molar-refractivity contribution in [3.8, 4) is 11.8 Å². The highest BCUT2D eigenvalue weighted by Gasteiger charge is 2.27. The van der Waals surface area contributed by atoms with Crippen molar-refractivity contribution < 1.29 is 14.3 Å². The van der Waals surface area contributed by atoms with Crippen LogP contribution >= 0.6 is 11.3 Å². The molecular weight excluding hydrogens is 410 g/mol. The summed E-state index contributed by atoms with van der Waals surface area (Å²) < 4.78 is 5.69. The number of fused-ring (bicyclic) bond motifs is 1. The maximum Gasteiger partial charge on any atom is 0.225 e. The molecule has 6 nitrogen and oxygen atoms in total. The summed E-state index contributed by atoms with van der Waals surface area (Å²) in [6, 6.07) is 10.0. The molecule has 0 radical (unpaired) electrons. The van der Waals surface area contributed by atoms with Crippen molar-refractivity contribution in [2.75, 3.05) is 18.5 Å². The summed E-state index contributed by atoms with van der Waals surface area (Å²) in [4.78, 5) is 27.9. The fourth-order valence-corrected chi connectivity index (χ4v) is 5.16. The molecule has 0 spiro atoms. The molecule has 7 heteroatoms. The first-order valence-corrected chi connectivity index (χ1v) is 11.6. The lowest BCUT2D eigenvalue weighted by Crippen LogP contribution is -2.35. The molecule has 1 aromatic carbocycles. The van der Waals surface area contributed by atoms with Crippen molar-refractivity contribution in [3.63, 3.8) is 0 Å². The molecule has 2 aromatic rings. The van der Waals surface area contributed by atoms with Gasteiger partial charge >= 0.3 is 0 Å². The highest BCUT2D eigenvalue weighted by Crippen LogP contribution is 2.37. The van der Waals surface area contributed by atoms with E-state index in [1.54, 1.807) is 0 Å². The second-order valence-electron chi connectivity index (χ2n) is 7.76. The number of para-hydroxylation sites is 1. The quantitative estimate of drug-likeness (QED) is 0.638. The number of thiophene rings is 1. The number of nitriles is 1. The number of anilines is 1. The monoisotopic (exact) mass is 439 g/mol. The highest BCUT2D eigenvalue weighted by molar-refractivity contribution is 7.16. The summed E-state index contributed by atoms with van der Waals surface area (Å²) in [6.45, 7) is 7.64. The van der Waals surface area contributed by atoms with E-state index < -0.39 is 0 Å². The lowest BCUT2D eigenvalue weighted by atomic mass is 9.96. The molecule has 1 aliphatic heterocycles. The van der Waals surface area contributed by atoms with Crippen LogP contribution in [0, 0.1) is 11.3 Å². The standard InChI is InChI=1S/C24H29N3O3S/c1-4-8-23(29)27-12-11-18-19(14-25)24(31-21(18)15-27)26-22(28)13-16(3)17-9-6-7-10-20(17)30-5-2/h6-7,9-10,16H,4-5,8,11-13,15H2,1-3H3,(H,26,28)/t16-/m0/s1. The Bertz CT molecular complexity index is 992. The zero-order chi connectivity index (χ0) is 22.4. The minimum Gasteiger partial charge on any atom is -0.494 e. The topological polar surface area (TPSA) is 82.4 Å². The van der Waals surface area contributed by atoms with Gasteiger partial charge in [0, 0.05) is 24.3 Å². The summed E-state index contributed by atoms with van der Waals surface area (Å²) in [5.74, 6) is 0.789. The Labute approximate surface area is 187 Å². The van der Waals surface area contributed by atoms with Gasteiger partial charge in [0.2, 0.25) is 11.8 Å². The fourth-order valence-electron chi connectivity index (χ4n) is 3.94. The van der Waals surface area contributed by atoms with Gasteiger partial charge in [0.15, 0.2) is 0 Å². The Hall–Kier alpha value is -2.85. The normalized spacial score (nSPS) is 13.8. The van der Waals surface area contributed by atoms with E-state index in [2.05, 4.69) is 11.4 Å². The molecule has 1 N–H and O–H groups in total. The summed E-state index contributed by atoms with van der Waals surface area (Å²) >= 11 is 1.42. The van der Waals surface area contributed by atoms with Crippen molar-refractivity contribution in [2.45, 2.75) is 58.9 Å². The Morgan fingerprint density at radius 1 is 1.32 bits per heavy atom. The van der Waals surface area contributed by atoms with Crippen LogP contribution in [-0.4, -0.2) is 29.9 Å². The van der Waals surface area contributed by atoms with E-state index >= 15 is 0 Å². The number of amides is 2. The molecule has 1 aromatic heterocycles. The molecule has 2 heterocycles. The molecule has 1 atom stereocenters. The van der Waals surface area contributed by atoms with E-state index in [9.17, 15) is 14.9 Å². The second-order valence-corrected chi connectivity index (χ2v) is 8.86. The summed E-state index contributed by atoms with van der Waals surface area (Å²) in [5.41, 5.74) is 2.51. The van der Waals surface area contributed by atoms with Crippen molar-refractivity contribution >= 4 is 28.2 Å². The Morgan fingerprint density at radius 3 is 2.81 bits per heavy atom. The number of ether oxygens (including phenoxy) is 1. The predicted octanol–water partition coefficient (Wildman–Crippen LogP) is 4.84. The molecule has 0 bridgehead atoms. The SMILES string of the molecule is CCCC(=O)N1CCc2c(sc(NC(=O)C[C@H](C)c3ccccc3OCC)c2C#N)C1. The lowest BCUT2D eigenvalue weighted by Gasteiger charge is -2.26. The predicted molar refractivity (Wildman–Crippen MR) is 122 cm³/mol. The second kappa shape index (κ2) is 10.5. The first-order chi connectivity index (χ1) is 15.0. The molecule has 2 amide bonds. The van der Waals surface area contributed by atoms with Gasteiger partial charge in [-0.1, -0.05) is 32.0 Å². The first-order valence-electron chi connectivity index (χ1n) is 10.8. The Kier molecular flexibility index (Phi) is 7.69. The van der Waals surface area contributed by atoms with Gasteiger partial charge in [-0.3, -0.25) is 9.59 Å². The number of hydrogen-bond donors (Lipinski definition) is 1. The van der Waals surface area contributed by atoms with Crippen LogP contribution in [0.15, 0.2) is 24.3 Å². The number of benzene rings is 1. The van der Waals surface area contributed by atoms with E-state index in [0.717, 1.165) is 28.2 Å². The van der Waals surface area contributed by atoms with E-state index in [0.29, 0.717) is 49.5 Å². The summed E-state index contributed by atoms with van der Waals surface area (Å²) in [6.07, 6.45) is 2.30. The van der Waals surface area contributed by atoms with Gasteiger partial charge in [0.25, 0.3) is 0 Å². The van der Waals surface area contributed by atoms with Crippen LogP contribution in [-0.2, 0) is 22.6 Å². The molecule has 3 rings (SSSR count). The van der Waals surface area contributed by atoms with Gasteiger partial charge in [-0.2, -0.15) is 5.26 Å². The van der Waals surface area contributed by atoms with E-state index in [1.165, 1.54) is 11.3 Å². The van der Waals surface area contributed by atoms with Gasteiger partial charge in [0.1, 0.15) is 16.8 Å². The number of hydrogen-bond acceptors (Lipinski definition) is 5. The zero-order valence-corrected chi connectivity index (χ0v) is 19.2. The van der Waals surface area contributed by atoms with E-state index in [1.807, 2.05) is 49.9 Å². The smallest absolute Gasteiger partial charge is 0.225 e. The van der Waals surface area contributed by atoms with Crippen LogP contribution in [0.3, 0.4) is 0 Å². The number of rotatable bonds is 8. The number of nitrogens with zero attached hydrogens (tertiary/aromatic N) is 2. The largest absolute Gasteiger partial charge is 0.494 e. The first kappa shape index (κ1) is 22.8. The molecule has 0 aliphatic carbocycles. The van der Waals surface area contributed by atoms with E-state index in [-0.39, 0.29) is 17.7 Å². The Balaban J connectivity index is 1.71. The van der Waals surface area contributed by atoms with Gasteiger partial charge in [-0.15, -0.1) is 11.3 Å². The van der Waals surface area contributed by atoms with E-state index in [4.69, 9.17) is 4.74 Å². The molecule has 164 valence electrons. The molecular formula is C24H29N3O3S. The van der Waals surface area contributed by atoms with Crippen LogP contribution in [0.5, 0.6) is 5.75 Å². The zero-order valence-electron chi connectivity index (χ0n) is 18.4. The van der Waals surface area contributed by atoms with Gasteiger partial charge < -0.3 is 15.0 Å². The summed E-state index contributed by atoms with van der Waals surface area (Å²) in [7, 11) is 0. The molecule has 1 aliphatic rings. The maximum atomic E-state index is 12.8. The average molecular weight is 440 g/mol.